The highest BCUT2D eigenvalue weighted by molar-refractivity contribution is 6.14. The van der Waals surface area contributed by atoms with E-state index in [4.69, 9.17) is 9.40 Å². The summed E-state index contributed by atoms with van der Waals surface area (Å²) in [6.07, 6.45) is 0. The largest absolute Gasteiger partial charge is 0.436 e. The molecule has 0 aliphatic carbocycles. The molecule has 42 heavy (non-hydrogen) atoms. The molecule has 0 atom stereocenters. The fourth-order valence-corrected chi connectivity index (χ4v) is 6.14. The van der Waals surface area contributed by atoms with E-state index in [9.17, 15) is 0 Å². The predicted octanol–water partition coefficient (Wildman–Crippen LogP) is 9.94. The number of imidazole rings is 1. The first-order valence-electron chi connectivity index (χ1n) is 14.1. The molecule has 0 saturated heterocycles. The quantitative estimate of drug-likeness (QED) is 0.211. The maximum absolute atomic E-state index is 5.95. The first-order valence-corrected chi connectivity index (χ1v) is 14.1. The van der Waals surface area contributed by atoms with E-state index in [-0.39, 0.29) is 0 Å². The number of pyridine rings is 1. The third kappa shape index (κ3) is 3.49. The number of hydrogen-bond donors (Lipinski definition) is 0. The lowest BCUT2D eigenvalue weighted by atomic mass is 9.97. The van der Waals surface area contributed by atoms with Crippen LogP contribution in [0.2, 0.25) is 0 Å². The van der Waals surface area contributed by atoms with Crippen molar-refractivity contribution in [2.75, 3.05) is 0 Å². The first kappa shape index (κ1) is 23.0. The average molecular weight is 538 g/mol. The number of aromatic nitrogens is 3. The molecule has 0 N–H and O–H groups in total. The third-order valence-electron chi connectivity index (χ3n) is 8.23. The van der Waals surface area contributed by atoms with Crippen LogP contribution in [-0.4, -0.2) is 14.4 Å². The van der Waals surface area contributed by atoms with Crippen LogP contribution in [0.5, 0.6) is 0 Å². The first-order chi connectivity index (χ1) is 20.8. The van der Waals surface area contributed by atoms with Crippen LogP contribution in [0.15, 0.2) is 144 Å². The van der Waals surface area contributed by atoms with Crippen LogP contribution < -0.4 is 0 Å². The molecule has 0 amide bonds. The van der Waals surface area contributed by atoms with Crippen molar-refractivity contribution in [1.29, 1.82) is 0 Å². The molecule has 0 aliphatic rings. The van der Waals surface area contributed by atoms with Crippen LogP contribution in [0.1, 0.15) is 0 Å². The van der Waals surface area contributed by atoms with E-state index in [1.165, 1.54) is 27.3 Å². The highest BCUT2D eigenvalue weighted by atomic mass is 16.3. The number of nitrogens with zero attached hydrogens (tertiary/aromatic N) is 3. The lowest BCUT2D eigenvalue weighted by molar-refractivity contribution is 0.620. The second-order valence-electron chi connectivity index (χ2n) is 10.7. The molecule has 0 fully saturated rings. The molecule has 196 valence electrons. The van der Waals surface area contributed by atoms with E-state index >= 15 is 0 Å². The highest BCUT2D eigenvalue weighted by Gasteiger charge is 2.14. The Bertz CT molecular complexity index is 2420. The number of benzene rings is 6. The van der Waals surface area contributed by atoms with Crippen molar-refractivity contribution in [3.63, 3.8) is 0 Å². The van der Waals surface area contributed by atoms with Crippen molar-refractivity contribution in [2.45, 2.75) is 0 Å². The van der Waals surface area contributed by atoms with Gasteiger partial charge < -0.3 is 4.42 Å². The van der Waals surface area contributed by atoms with Gasteiger partial charge in [-0.2, -0.15) is 0 Å². The number of hydrogen-bond acceptors (Lipinski definition) is 3. The van der Waals surface area contributed by atoms with E-state index in [1.807, 2.05) is 24.3 Å². The van der Waals surface area contributed by atoms with Crippen LogP contribution in [-0.2, 0) is 0 Å². The second-order valence-corrected chi connectivity index (χ2v) is 10.7. The fourth-order valence-electron chi connectivity index (χ4n) is 6.14. The standard InChI is InChI=1S/C38H23N3O/c1-2-8-31-29(7-1)30-22-21-28(23-35(30)41-34-11-5-3-9-32(34)39-37(31)41)26-15-13-24(14-16-26)25-17-19-27(20-18-25)38-40-33-10-4-6-12-36(33)42-38/h1-23H. The van der Waals surface area contributed by atoms with Crippen LogP contribution in [0.25, 0.3) is 83.2 Å². The summed E-state index contributed by atoms with van der Waals surface area (Å²) < 4.78 is 8.26. The van der Waals surface area contributed by atoms with Gasteiger partial charge in [0.05, 0.1) is 16.6 Å². The van der Waals surface area contributed by atoms with E-state index in [0.29, 0.717) is 5.89 Å². The molecule has 9 aromatic rings. The monoisotopic (exact) mass is 537 g/mol. The number of rotatable bonds is 3. The Morgan fingerprint density at radius 1 is 0.429 bits per heavy atom. The lowest BCUT2D eigenvalue weighted by Crippen LogP contribution is -1.92. The lowest BCUT2D eigenvalue weighted by Gasteiger charge is -2.11. The minimum Gasteiger partial charge on any atom is -0.436 e. The summed E-state index contributed by atoms with van der Waals surface area (Å²) in [5.74, 6) is 0.641. The Kier molecular flexibility index (Phi) is 4.87. The van der Waals surface area contributed by atoms with Gasteiger partial charge >= 0.3 is 0 Å². The molecular weight excluding hydrogens is 514 g/mol. The van der Waals surface area contributed by atoms with Crippen molar-refractivity contribution in [2.24, 2.45) is 0 Å². The molecule has 0 unspecified atom stereocenters. The van der Waals surface area contributed by atoms with Gasteiger partial charge in [0.15, 0.2) is 5.58 Å². The zero-order valence-electron chi connectivity index (χ0n) is 22.5. The van der Waals surface area contributed by atoms with Gasteiger partial charge in [-0.25, -0.2) is 9.97 Å². The molecule has 3 aromatic heterocycles. The SMILES string of the molecule is c1ccc2oc(-c3ccc(-c4ccc(-c5ccc6c7ccccc7c7nc8ccccc8n7c6c5)cc4)cc3)nc2c1. The molecule has 0 spiro atoms. The van der Waals surface area contributed by atoms with E-state index in [2.05, 4.69) is 125 Å². The van der Waals surface area contributed by atoms with Crippen molar-refractivity contribution >= 4 is 49.5 Å². The molecule has 0 aliphatic heterocycles. The van der Waals surface area contributed by atoms with Gasteiger partial charge in [0.2, 0.25) is 5.89 Å². The Balaban J connectivity index is 1.11. The molecule has 0 saturated carbocycles. The number of fused-ring (bicyclic) bond motifs is 9. The van der Waals surface area contributed by atoms with Crippen LogP contribution in [0, 0.1) is 0 Å². The summed E-state index contributed by atoms with van der Waals surface area (Å²) >= 11 is 0. The van der Waals surface area contributed by atoms with Crippen LogP contribution in [0.4, 0.5) is 0 Å². The van der Waals surface area contributed by atoms with E-state index < -0.39 is 0 Å². The van der Waals surface area contributed by atoms with Gasteiger partial charge in [-0.1, -0.05) is 97.1 Å². The molecule has 6 aromatic carbocycles. The predicted molar refractivity (Wildman–Crippen MR) is 172 cm³/mol. The molecule has 4 nitrogen and oxygen atoms in total. The molecular formula is C38H23N3O. The minimum atomic E-state index is 0.641. The van der Waals surface area contributed by atoms with E-state index in [0.717, 1.165) is 50.0 Å². The maximum Gasteiger partial charge on any atom is 0.227 e. The second kappa shape index (κ2) is 8.88. The minimum absolute atomic E-state index is 0.641. The molecule has 0 bridgehead atoms. The Morgan fingerprint density at radius 2 is 1.02 bits per heavy atom. The number of oxazole rings is 1. The highest BCUT2D eigenvalue weighted by Crippen LogP contribution is 2.35. The Morgan fingerprint density at radius 3 is 1.79 bits per heavy atom. The molecule has 9 rings (SSSR count). The summed E-state index contributed by atoms with van der Waals surface area (Å²) in [7, 11) is 0. The molecule has 3 heterocycles. The van der Waals surface area contributed by atoms with Gasteiger partial charge in [-0.15, -0.1) is 0 Å². The topological polar surface area (TPSA) is 43.3 Å². The fraction of sp³-hybridized carbons (Fsp3) is 0. The van der Waals surface area contributed by atoms with Crippen LogP contribution >= 0.6 is 0 Å². The van der Waals surface area contributed by atoms with Gasteiger partial charge in [-0.05, 0) is 70.1 Å². The van der Waals surface area contributed by atoms with Crippen LogP contribution in [0.3, 0.4) is 0 Å². The zero-order chi connectivity index (χ0) is 27.6. The van der Waals surface area contributed by atoms with Gasteiger partial charge in [0.1, 0.15) is 11.2 Å². The summed E-state index contributed by atoms with van der Waals surface area (Å²) in [5, 5.41) is 3.61. The van der Waals surface area contributed by atoms with Gasteiger partial charge in [-0.3, -0.25) is 4.40 Å². The summed E-state index contributed by atoms with van der Waals surface area (Å²) in [6, 6.07) is 48.7. The molecule has 4 heteroatoms. The third-order valence-corrected chi connectivity index (χ3v) is 8.23. The van der Waals surface area contributed by atoms with Crippen molar-refractivity contribution in [3.8, 4) is 33.7 Å². The summed E-state index contributed by atoms with van der Waals surface area (Å²) in [6.45, 7) is 0. The normalized spacial score (nSPS) is 11.8. The van der Waals surface area contributed by atoms with Gasteiger partial charge in [0.25, 0.3) is 0 Å². The number of para-hydroxylation sites is 4. The van der Waals surface area contributed by atoms with E-state index in [1.54, 1.807) is 0 Å². The summed E-state index contributed by atoms with van der Waals surface area (Å²) in [5.41, 5.74) is 11.6. The average Bonchev–Trinajstić information content (AvgIpc) is 3.67. The Labute approximate surface area is 241 Å². The maximum atomic E-state index is 5.95. The summed E-state index contributed by atoms with van der Waals surface area (Å²) in [4.78, 5) is 9.66. The van der Waals surface area contributed by atoms with Gasteiger partial charge in [0, 0.05) is 16.3 Å². The smallest absolute Gasteiger partial charge is 0.227 e. The van der Waals surface area contributed by atoms with Crippen molar-refractivity contribution < 1.29 is 4.42 Å². The zero-order valence-corrected chi connectivity index (χ0v) is 22.5. The Hall–Kier alpha value is -5.74. The van der Waals surface area contributed by atoms with Crippen molar-refractivity contribution in [1.82, 2.24) is 14.4 Å². The molecule has 0 radical (unpaired) electrons. The van der Waals surface area contributed by atoms with Crippen molar-refractivity contribution in [3.05, 3.63) is 140 Å².